The molecule has 25 heavy (non-hydrogen) atoms. The highest BCUT2D eigenvalue weighted by Gasteiger charge is 2.46. The monoisotopic (exact) mass is 346 g/mol. The summed E-state index contributed by atoms with van der Waals surface area (Å²) in [7, 11) is 0. The molecule has 1 fully saturated rings. The summed E-state index contributed by atoms with van der Waals surface area (Å²) >= 11 is 0. The van der Waals surface area contributed by atoms with Gasteiger partial charge in [0.15, 0.2) is 0 Å². The van der Waals surface area contributed by atoms with E-state index in [-0.39, 0.29) is 5.56 Å². The van der Waals surface area contributed by atoms with Crippen molar-refractivity contribution in [2.45, 2.75) is 40.0 Å². The highest BCUT2D eigenvalue weighted by atomic mass is 16.4. The van der Waals surface area contributed by atoms with Crippen molar-refractivity contribution in [3.05, 3.63) is 46.0 Å². The third-order valence-corrected chi connectivity index (χ3v) is 5.36. The lowest BCUT2D eigenvalue weighted by atomic mass is 9.52. The average molecular weight is 346 g/mol. The second-order valence-corrected chi connectivity index (χ2v) is 7.10. The second kappa shape index (κ2) is 6.70. The molecule has 1 aromatic rings. The van der Waals surface area contributed by atoms with Gasteiger partial charge in [-0.15, -0.1) is 0 Å². The Labute approximate surface area is 145 Å². The number of carboxylic acid groups (broad SMARTS) is 3. The first-order valence-corrected chi connectivity index (χ1v) is 8.08. The molecule has 1 saturated carbocycles. The molecule has 1 unspecified atom stereocenters. The van der Waals surface area contributed by atoms with Crippen LogP contribution in [0.4, 0.5) is 0 Å². The van der Waals surface area contributed by atoms with Crippen molar-refractivity contribution in [3.63, 3.8) is 0 Å². The van der Waals surface area contributed by atoms with Crippen LogP contribution in [-0.2, 0) is 0 Å². The largest absolute Gasteiger partial charge is 0.478 e. The van der Waals surface area contributed by atoms with Gasteiger partial charge in [0.05, 0.1) is 16.7 Å². The molecule has 6 nitrogen and oxygen atoms in total. The van der Waals surface area contributed by atoms with Crippen LogP contribution in [0.25, 0.3) is 0 Å². The fourth-order valence-corrected chi connectivity index (χ4v) is 3.65. The van der Waals surface area contributed by atoms with E-state index in [2.05, 4.69) is 20.8 Å². The Morgan fingerprint density at radius 3 is 1.96 bits per heavy atom. The van der Waals surface area contributed by atoms with Crippen LogP contribution >= 0.6 is 0 Å². The summed E-state index contributed by atoms with van der Waals surface area (Å²) in [6.45, 7) is 7.12. The lowest BCUT2D eigenvalue weighted by Gasteiger charge is -2.52. The molecule has 6 heteroatoms. The van der Waals surface area contributed by atoms with Gasteiger partial charge in [0, 0.05) is 0 Å². The molecule has 0 aliphatic heterocycles. The summed E-state index contributed by atoms with van der Waals surface area (Å²) in [4.78, 5) is 31.8. The molecule has 1 aromatic carbocycles. The highest BCUT2D eigenvalue weighted by Crippen LogP contribution is 2.58. The van der Waals surface area contributed by atoms with Crippen molar-refractivity contribution in [1.29, 1.82) is 0 Å². The molecule has 0 heterocycles. The Kier molecular flexibility index (Phi) is 5.02. The van der Waals surface area contributed by atoms with Crippen molar-refractivity contribution in [2.24, 2.45) is 11.3 Å². The number of carbonyl (C=O) groups is 3. The van der Waals surface area contributed by atoms with Gasteiger partial charge in [-0.05, 0) is 55.7 Å². The van der Waals surface area contributed by atoms with Crippen LogP contribution in [0.2, 0.25) is 0 Å². The SMILES string of the molecule is CC1=C2CC(CC1)C2(C)C.O=C(O)c1ccc(C(=O)O)c(C(=O)O)c1. The number of hydrogen-bond donors (Lipinski definition) is 3. The Hall–Kier alpha value is -2.63. The predicted molar refractivity (Wildman–Crippen MR) is 91.1 cm³/mol. The van der Waals surface area contributed by atoms with Crippen molar-refractivity contribution >= 4 is 17.9 Å². The van der Waals surface area contributed by atoms with Crippen molar-refractivity contribution in [1.82, 2.24) is 0 Å². The standard InChI is InChI=1S/C10H16.C9H6O6/c1-7-4-5-8-6-9(7)10(8,2)3;10-7(11)4-1-2-5(8(12)13)6(3-4)9(14)15/h8H,4-6H2,1-3H3;1-3H,(H,10,11)(H,12,13)(H,14,15). The first-order valence-electron chi connectivity index (χ1n) is 8.08. The minimum Gasteiger partial charge on any atom is -0.478 e. The number of hydrogen-bond acceptors (Lipinski definition) is 3. The van der Waals surface area contributed by atoms with E-state index in [1.807, 2.05) is 0 Å². The molecule has 0 saturated heterocycles. The molecule has 134 valence electrons. The van der Waals surface area contributed by atoms with E-state index >= 15 is 0 Å². The zero-order valence-electron chi connectivity index (χ0n) is 14.5. The minimum atomic E-state index is -1.48. The number of benzene rings is 1. The summed E-state index contributed by atoms with van der Waals surface area (Å²) in [6.07, 6.45) is 4.24. The molecule has 3 aliphatic rings. The first-order chi connectivity index (χ1) is 11.6. The van der Waals surface area contributed by atoms with Crippen molar-refractivity contribution < 1.29 is 29.7 Å². The van der Waals surface area contributed by atoms with E-state index in [1.165, 1.54) is 19.3 Å². The molecule has 4 rings (SSSR count). The van der Waals surface area contributed by atoms with Gasteiger partial charge < -0.3 is 15.3 Å². The van der Waals surface area contributed by atoms with Crippen LogP contribution in [0.5, 0.6) is 0 Å². The number of allylic oxidation sites excluding steroid dienone is 2. The smallest absolute Gasteiger partial charge is 0.336 e. The maximum atomic E-state index is 10.6. The van der Waals surface area contributed by atoms with Crippen LogP contribution in [0.3, 0.4) is 0 Å². The van der Waals surface area contributed by atoms with Crippen LogP contribution in [0, 0.1) is 11.3 Å². The summed E-state index contributed by atoms with van der Waals surface area (Å²) in [5.41, 5.74) is 2.80. The first kappa shape index (κ1) is 18.7. The third kappa shape index (κ3) is 3.57. The van der Waals surface area contributed by atoms with Crippen LogP contribution in [-0.4, -0.2) is 33.2 Å². The lowest BCUT2D eigenvalue weighted by Crippen LogP contribution is -2.41. The molecular formula is C19H22O6. The maximum absolute atomic E-state index is 10.6. The van der Waals surface area contributed by atoms with E-state index in [9.17, 15) is 14.4 Å². The Bertz CT molecular complexity index is 772. The van der Waals surface area contributed by atoms with E-state index in [0.29, 0.717) is 5.41 Å². The summed E-state index contributed by atoms with van der Waals surface area (Å²) in [5.74, 6) is -3.18. The molecule has 0 radical (unpaired) electrons. The van der Waals surface area contributed by atoms with Gasteiger partial charge in [-0.3, -0.25) is 0 Å². The van der Waals surface area contributed by atoms with Gasteiger partial charge in [0.2, 0.25) is 0 Å². The Morgan fingerprint density at radius 1 is 1.00 bits per heavy atom. The van der Waals surface area contributed by atoms with Gasteiger partial charge in [-0.2, -0.15) is 0 Å². The number of rotatable bonds is 3. The summed E-state index contributed by atoms with van der Waals surface area (Å²) < 4.78 is 0. The quantitative estimate of drug-likeness (QED) is 0.715. The number of aromatic carboxylic acids is 3. The normalized spacial score (nSPS) is 20.0. The molecule has 0 amide bonds. The minimum absolute atomic E-state index is 0.266. The fraction of sp³-hybridized carbons (Fsp3) is 0.421. The molecule has 2 bridgehead atoms. The topological polar surface area (TPSA) is 112 Å². The fourth-order valence-electron chi connectivity index (χ4n) is 3.65. The van der Waals surface area contributed by atoms with Gasteiger partial charge in [0.25, 0.3) is 0 Å². The summed E-state index contributed by atoms with van der Waals surface area (Å²) in [6, 6.07) is 2.81. The Morgan fingerprint density at radius 2 is 1.60 bits per heavy atom. The van der Waals surface area contributed by atoms with Crippen LogP contribution in [0.15, 0.2) is 29.3 Å². The van der Waals surface area contributed by atoms with Crippen molar-refractivity contribution in [2.75, 3.05) is 0 Å². The number of fused-ring (bicyclic) bond motifs is 2. The van der Waals surface area contributed by atoms with E-state index in [1.54, 1.807) is 11.1 Å². The molecule has 0 aromatic heterocycles. The van der Waals surface area contributed by atoms with Crippen LogP contribution in [0.1, 0.15) is 71.1 Å². The summed E-state index contributed by atoms with van der Waals surface area (Å²) in [5, 5.41) is 25.9. The number of carboxylic acids is 3. The van der Waals surface area contributed by atoms with Crippen molar-refractivity contribution in [3.8, 4) is 0 Å². The Balaban J connectivity index is 0.000000194. The lowest BCUT2D eigenvalue weighted by molar-refractivity contribution is 0.0649. The molecule has 1 atom stereocenters. The van der Waals surface area contributed by atoms with Gasteiger partial charge in [-0.1, -0.05) is 25.0 Å². The molecule has 3 N–H and O–H groups in total. The third-order valence-electron chi connectivity index (χ3n) is 5.36. The molecule has 3 aliphatic carbocycles. The zero-order valence-corrected chi connectivity index (χ0v) is 14.5. The molecule has 0 spiro atoms. The highest BCUT2D eigenvalue weighted by molar-refractivity contribution is 6.03. The van der Waals surface area contributed by atoms with E-state index < -0.39 is 29.0 Å². The second-order valence-electron chi connectivity index (χ2n) is 7.10. The zero-order chi connectivity index (χ0) is 18.9. The van der Waals surface area contributed by atoms with Crippen LogP contribution < -0.4 is 0 Å². The maximum Gasteiger partial charge on any atom is 0.336 e. The van der Waals surface area contributed by atoms with Gasteiger partial charge >= 0.3 is 17.9 Å². The van der Waals surface area contributed by atoms with Gasteiger partial charge in [0.1, 0.15) is 0 Å². The van der Waals surface area contributed by atoms with Gasteiger partial charge in [-0.25, -0.2) is 14.4 Å². The predicted octanol–water partition coefficient (Wildman–Crippen LogP) is 3.92. The van der Waals surface area contributed by atoms with E-state index in [0.717, 1.165) is 24.1 Å². The van der Waals surface area contributed by atoms with E-state index in [4.69, 9.17) is 15.3 Å². The molecular weight excluding hydrogens is 324 g/mol. The average Bonchev–Trinajstić information content (AvgIpc) is 2.54.